The second-order valence-electron chi connectivity index (χ2n) is 4.98. The Morgan fingerprint density at radius 2 is 2.19 bits per heavy atom. The lowest BCUT2D eigenvalue weighted by atomic mass is 10.1. The lowest BCUT2D eigenvalue weighted by Gasteiger charge is -2.15. The number of hydrogen-bond acceptors (Lipinski definition) is 3. The molecule has 2 aliphatic rings. The van der Waals surface area contributed by atoms with Gasteiger partial charge in [0.2, 0.25) is 5.91 Å². The van der Waals surface area contributed by atoms with E-state index in [-0.39, 0.29) is 24.2 Å². The first kappa shape index (κ1) is 11.9. The Labute approximate surface area is 96.9 Å². The van der Waals surface area contributed by atoms with Crippen LogP contribution >= 0.6 is 0 Å². The van der Waals surface area contributed by atoms with Crippen LogP contribution in [0.15, 0.2) is 0 Å². The van der Waals surface area contributed by atoms with E-state index in [1.807, 2.05) is 0 Å². The molecule has 2 fully saturated rings. The first-order chi connectivity index (χ1) is 7.70. The third-order valence-electron chi connectivity index (χ3n) is 3.59. The van der Waals surface area contributed by atoms with E-state index >= 15 is 0 Å². The van der Waals surface area contributed by atoms with Crippen LogP contribution in [0.3, 0.4) is 0 Å². The summed E-state index contributed by atoms with van der Waals surface area (Å²) in [5.41, 5.74) is 5.92. The minimum Gasteiger partial charge on any atom is -0.365 e. The van der Waals surface area contributed by atoms with Gasteiger partial charge in [0, 0.05) is 12.6 Å². The zero-order valence-corrected chi connectivity index (χ0v) is 9.95. The number of hydrogen-bond donors (Lipinski definition) is 2. The summed E-state index contributed by atoms with van der Waals surface area (Å²) in [5.74, 6) is 0.653. The summed E-state index contributed by atoms with van der Waals surface area (Å²) in [5, 5.41) is 2.90. The molecule has 1 saturated carbocycles. The van der Waals surface area contributed by atoms with Gasteiger partial charge in [-0.1, -0.05) is 6.92 Å². The van der Waals surface area contributed by atoms with Crippen molar-refractivity contribution in [2.75, 3.05) is 6.54 Å². The molecule has 92 valence electrons. The van der Waals surface area contributed by atoms with E-state index < -0.39 is 0 Å². The fourth-order valence-corrected chi connectivity index (χ4v) is 2.22. The zero-order valence-electron chi connectivity index (χ0n) is 9.95. The minimum absolute atomic E-state index is 0.0204. The molecule has 0 aromatic rings. The molecule has 4 nitrogen and oxygen atoms in total. The highest BCUT2D eigenvalue weighted by Gasteiger charge is 2.32. The number of ether oxygens (including phenoxy) is 1. The van der Waals surface area contributed by atoms with Gasteiger partial charge in [0.1, 0.15) is 6.10 Å². The molecule has 0 spiro atoms. The molecule has 3 N–H and O–H groups in total. The Morgan fingerprint density at radius 1 is 1.44 bits per heavy atom. The van der Waals surface area contributed by atoms with Gasteiger partial charge in [-0.3, -0.25) is 4.79 Å². The molecule has 3 unspecified atom stereocenters. The predicted octanol–water partition coefficient (Wildman–Crippen LogP) is 0.797. The van der Waals surface area contributed by atoms with Gasteiger partial charge in [0.25, 0.3) is 0 Å². The second kappa shape index (κ2) is 5.15. The molecule has 1 heterocycles. The number of rotatable bonds is 5. The highest BCUT2D eigenvalue weighted by atomic mass is 16.5. The summed E-state index contributed by atoms with van der Waals surface area (Å²) < 4.78 is 5.63. The number of nitrogens with two attached hydrogens (primary N) is 1. The Kier molecular flexibility index (Phi) is 3.82. The normalized spacial score (nSPS) is 31.4. The first-order valence-corrected chi connectivity index (χ1v) is 6.39. The van der Waals surface area contributed by atoms with E-state index in [9.17, 15) is 4.79 Å². The molecule has 0 radical (unpaired) electrons. The van der Waals surface area contributed by atoms with Gasteiger partial charge in [0.15, 0.2) is 0 Å². The molecule has 16 heavy (non-hydrogen) atoms. The SMILES string of the molecule is CCC1CCC(C(=O)NCC(N)C2CC2)O1. The molecule has 0 bridgehead atoms. The van der Waals surface area contributed by atoms with Crippen LogP contribution in [0.1, 0.15) is 39.0 Å². The minimum atomic E-state index is -0.239. The van der Waals surface area contributed by atoms with Crippen molar-refractivity contribution in [3.63, 3.8) is 0 Å². The topological polar surface area (TPSA) is 64.4 Å². The van der Waals surface area contributed by atoms with Gasteiger partial charge in [-0.2, -0.15) is 0 Å². The average molecular weight is 226 g/mol. The van der Waals surface area contributed by atoms with Crippen LogP contribution < -0.4 is 11.1 Å². The smallest absolute Gasteiger partial charge is 0.249 e. The lowest BCUT2D eigenvalue weighted by molar-refractivity contribution is -0.132. The summed E-state index contributed by atoms with van der Waals surface area (Å²) >= 11 is 0. The van der Waals surface area contributed by atoms with Crippen LogP contribution in [-0.4, -0.2) is 30.7 Å². The molecule has 1 aliphatic carbocycles. The van der Waals surface area contributed by atoms with E-state index in [1.165, 1.54) is 12.8 Å². The van der Waals surface area contributed by atoms with Gasteiger partial charge in [-0.05, 0) is 38.0 Å². The quantitative estimate of drug-likeness (QED) is 0.728. The number of amides is 1. The molecule has 1 saturated heterocycles. The molecule has 0 aromatic heterocycles. The molecule has 3 atom stereocenters. The maximum atomic E-state index is 11.8. The fraction of sp³-hybridized carbons (Fsp3) is 0.917. The standard InChI is InChI=1S/C12H22N2O2/c1-2-9-5-6-11(16-9)12(15)14-7-10(13)8-3-4-8/h8-11H,2-7,13H2,1H3,(H,14,15). The third-order valence-corrected chi connectivity index (χ3v) is 3.59. The van der Waals surface area contributed by atoms with E-state index in [4.69, 9.17) is 10.5 Å². The van der Waals surface area contributed by atoms with Crippen molar-refractivity contribution in [2.45, 2.75) is 57.3 Å². The van der Waals surface area contributed by atoms with E-state index in [0.29, 0.717) is 12.5 Å². The Balaban J connectivity index is 1.67. The summed E-state index contributed by atoms with van der Waals surface area (Å²) in [4.78, 5) is 11.8. The largest absolute Gasteiger partial charge is 0.365 e. The third kappa shape index (κ3) is 2.95. The van der Waals surface area contributed by atoms with Gasteiger partial charge < -0.3 is 15.8 Å². The van der Waals surface area contributed by atoms with Crippen LogP contribution in [-0.2, 0) is 9.53 Å². The van der Waals surface area contributed by atoms with E-state index in [1.54, 1.807) is 0 Å². The van der Waals surface area contributed by atoms with E-state index in [2.05, 4.69) is 12.2 Å². The summed E-state index contributed by atoms with van der Waals surface area (Å²) in [6, 6.07) is 0.132. The van der Waals surface area contributed by atoms with Crippen molar-refractivity contribution in [3.05, 3.63) is 0 Å². The molecule has 1 aliphatic heterocycles. The fourth-order valence-electron chi connectivity index (χ4n) is 2.22. The van der Waals surface area contributed by atoms with Crippen molar-refractivity contribution >= 4 is 5.91 Å². The monoisotopic (exact) mass is 226 g/mol. The van der Waals surface area contributed by atoms with Crippen molar-refractivity contribution in [2.24, 2.45) is 11.7 Å². The Morgan fingerprint density at radius 3 is 2.75 bits per heavy atom. The molecule has 1 amide bonds. The zero-order chi connectivity index (χ0) is 11.5. The Hall–Kier alpha value is -0.610. The maximum absolute atomic E-state index is 11.8. The van der Waals surface area contributed by atoms with Crippen LogP contribution in [0.25, 0.3) is 0 Å². The average Bonchev–Trinajstić information content (AvgIpc) is 3.03. The highest BCUT2D eigenvalue weighted by molar-refractivity contribution is 5.81. The maximum Gasteiger partial charge on any atom is 0.249 e. The second-order valence-corrected chi connectivity index (χ2v) is 4.98. The van der Waals surface area contributed by atoms with Gasteiger partial charge in [0.05, 0.1) is 6.10 Å². The van der Waals surface area contributed by atoms with Crippen molar-refractivity contribution < 1.29 is 9.53 Å². The lowest BCUT2D eigenvalue weighted by Crippen LogP contribution is -2.42. The van der Waals surface area contributed by atoms with Crippen LogP contribution in [0.4, 0.5) is 0 Å². The molecular weight excluding hydrogens is 204 g/mol. The summed E-state index contributed by atoms with van der Waals surface area (Å²) in [7, 11) is 0. The molecule has 4 heteroatoms. The molecule has 2 rings (SSSR count). The van der Waals surface area contributed by atoms with Crippen molar-refractivity contribution in [3.8, 4) is 0 Å². The van der Waals surface area contributed by atoms with E-state index in [0.717, 1.165) is 19.3 Å². The molecular formula is C12H22N2O2. The van der Waals surface area contributed by atoms with Gasteiger partial charge >= 0.3 is 0 Å². The number of carbonyl (C=O) groups excluding carboxylic acids is 1. The van der Waals surface area contributed by atoms with Crippen LogP contribution in [0, 0.1) is 5.92 Å². The van der Waals surface area contributed by atoms with Gasteiger partial charge in [-0.25, -0.2) is 0 Å². The van der Waals surface area contributed by atoms with Gasteiger partial charge in [-0.15, -0.1) is 0 Å². The Bertz CT molecular complexity index is 253. The predicted molar refractivity (Wildman–Crippen MR) is 61.9 cm³/mol. The molecule has 0 aromatic carbocycles. The van der Waals surface area contributed by atoms with Crippen LogP contribution in [0.5, 0.6) is 0 Å². The summed E-state index contributed by atoms with van der Waals surface area (Å²) in [6.45, 7) is 2.69. The van der Waals surface area contributed by atoms with Crippen molar-refractivity contribution in [1.82, 2.24) is 5.32 Å². The van der Waals surface area contributed by atoms with Crippen LogP contribution in [0.2, 0.25) is 0 Å². The number of nitrogens with one attached hydrogen (secondary N) is 1. The first-order valence-electron chi connectivity index (χ1n) is 6.39. The summed E-state index contributed by atoms with van der Waals surface area (Å²) in [6.07, 6.45) is 5.31. The number of carbonyl (C=O) groups is 1. The van der Waals surface area contributed by atoms with Crippen molar-refractivity contribution in [1.29, 1.82) is 0 Å². The highest BCUT2D eigenvalue weighted by Crippen LogP contribution is 2.31.